The molecule has 1 atom stereocenters. The van der Waals surface area contributed by atoms with Gasteiger partial charge in [-0.1, -0.05) is 346 Å². The van der Waals surface area contributed by atoms with Gasteiger partial charge in [0.15, 0.2) is 34.9 Å². The fourth-order valence-corrected chi connectivity index (χ4v) is 19.6. The number of aromatic nitrogens is 6. The van der Waals surface area contributed by atoms with E-state index in [-0.39, 0.29) is 0 Å². The first kappa shape index (κ1) is 67.8. The molecule has 0 saturated carbocycles. The maximum Gasteiger partial charge on any atom is 0.164 e. The third-order valence-corrected chi connectivity index (χ3v) is 24.9. The minimum atomic E-state index is -0.762. The summed E-state index contributed by atoms with van der Waals surface area (Å²) in [6.07, 6.45) is 5.37. The summed E-state index contributed by atoms with van der Waals surface area (Å²) < 4.78 is 14.5. The summed E-state index contributed by atoms with van der Waals surface area (Å²) in [5.41, 5.74) is 30.8. The summed E-state index contributed by atoms with van der Waals surface area (Å²) in [5, 5.41) is 2.45. The molecule has 0 bridgehead atoms. The highest BCUT2D eigenvalue weighted by Crippen LogP contribution is 2.66. The van der Waals surface area contributed by atoms with Crippen LogP contribution in [-0.4, -0.2) is 29.9 Å². The van der Waals surface area contributed by atoms with Crippen molar-refractivity contribution in [3.05, 3.63) is 450 Å². The summed E-state index contributed by atoms with van der Waals surface area (Å²) in [7, 11) is 0. The van der Waals surface area contributed by atoms with Gasteiger partial charge in [-0.05, 0) is 172 Å². The van der Waals surface area contributed by atoms with E-state index >= 15 is 0 Å². The number of ether oxygens (including phenoxy) is 2. The Morgan fingerprint density at radius 2 is 0.555 bits per heavy atom. The molecular weight excluding hydrogens is 1450 g/mol. The zero-order valence-corrected chi connectivity index (χ0v) is 64.3. The number of hydrogen-bond acceptors (Lipinski definition) is 8. The van der Waals surface area contributed by atoms with Gasteiger partial charge in [-0.2, -0.15) is 0 Å². The van der Waals surface area contributed by atoms with Gasteiger partial charge in [-0.25, -0.2) is 29.9 Å². The molecule has 3 aliphatic carbocycles. The van der Waals surface area contributed by atoms with Gasteiger partial charge in [0.2, 0.25) is 0 Å². The molecule has 5 aliphatic rings. The SMILES string of the molecule is C1=Cc2cc(-c3nc(-c4ccccc4)nc(-c4ccc(-c5cccc6c5Oc5ccccc5C65c6ccccc6-c6cc(-c7cc(-c8ccccc8)cc(-c8nc(-c9ccc(-c%10cccc%11c%10Oc%10ccccc%10C%11%10c%11ccccc%11-c%11ccccc%11%10)cc9)nc(-c9cccc(-c%10ccccc%10)c9)n8)c7)ccc65)cc4)n3)cc3cccc(c23)C1. The average Bonchev–Trinajstić information content (AvgIpc) is 1.54. The lowest BCUT2D eigenvalue weighted by atomic mass is 9.65. The van der Waals surface area contributed by atoms with E-state index < -0.39 is 10.8 Å². The van der Waals surface area contributed by atoms with Crippen molar-refractivity contribution >= 4 is 16.8 Å². The van der Waals surface area contributed by atoms with Crippen molar-refractivity contribution in [1.29, 1.82) is 0 Å². The molecule has 0 amide bonds. The third-order valence-electron chi connectivity index (χ3n) is 24.9. The Labute approximate surface area is 688 Å². The lowest BCUT2D eigenvalue weighted by molar-refractivity contribution is 0.438. The number of nitrogens with zero attached hydrogens (tertiary/aromatic N) is 6. The normalized spacial score (nSPS) is 14.2. The molecule has 4 heterocycles. The maximum atomic E-state index is 7.31. The molecule has 2 aliphatic heterocycles. The Balaban J connectivity index is 0.622. The quantitative estimate of drug-likeness (QED) is 0.126. The van der Waals surface area contributed by atoms with Gasteiger partial charge in [0.1, 0.15) is 23.0 Å². The highest BCUT2D eigenvalue weighted by atomic mass is 16.5. The fourth-order valence-electron chi connectivity index (χ4n) is 19.6. The highest BCUT2D eigenvalue weighted by molar-refractivity contribution is 5.99. The standard InChI is InChI=1S/C111H68N6O2/c1-4-25-68(26-5-1)76-33-22-36-80(61-76)107-113-106(75-57-53-70(54-58-75)85-40-23-47-97-102(85)118-99-49-18-16-45-95(99)110(97)91-42-13-10-37-87(91)88-38-11-14-43-92(88)110)116-109(117-107)84-65-81(69-27-6-2-7-28-69)64-82(66-84)77-59-60-94-90(67-77)89-39-12-15-44-93(89)111(94)96-46-17-19-50-100(96)119-103-86(41-24-48-98(103)111)71-51-55-74(56-52-71)105-112-104(73-29-8-3-9-30-73)114-108(115-105)83-62-78-34-20-31-72-32-21-35-79(63-83)101(72)78/h1-31,33-67H,32H2. The van der Waals surface area contributed by atoms with E-state index in [2.05, 4.69) is 376 Å². The second-order valence-electron chi connectivity index (χ2n) is 31.4. The number of allylic oxidation sites excluding steroid dienone is 1. The molecule has 1 unspecified atom stereocenters. The van der Waals surface area contributed by atoms with E-state index in [9.17, 15) is 0 Å². The Morgan fingerprint density at radius 1 is 0.210 bits per heavy atom. The minimum Gasteiger partial charge on any atom is -0.456 e. The van der Waals surface area contributed by atoms with Crippen LogP contribution in [0.15, 0.2) is 394 Å². The number of benzene rings is 17. The van der Waals surface area contributed by atoms with Crippen LogP contribution in [0, 0.1) is 0 Å². The van der Waals surface area contributed by atoms with E-state index in [0.717, 1.165) is 152 Å². The molecule has 8 nitrogen and oxygen atoms in total. The molecule has 24 rings (SSSR count). The second kappa shape index (κ2) is 27.0. The highest BCUT2D eigenvalue weighted by Gasteiger charge is 2.53. The van der Waals surface area contributed by atoms with Crippen molar-refractivity contribution in [1.82, 2.24) is 29.9 Å². The summed E-state index contributed by atoms with van der Waals surface area (Å²) in [4.78, 5) is 32.1. The Hall–Kier alpha value is -15.6. The zero-order chi connectivity index (χ0) is 78.3. The summed E-state index contributed by atoms with van der Waals surface area (Å²) >= 11 is 0. The van der Waals surface area contributed by atoms with Crippen LogP contribution in [-0.2, 0) is 17.3 Å². The molecule has 0 saturated heterocycles. The topological polar surface area (TPSA) is 95.8 Å². The smallest absolute Gasteiger partial charge is 0.164 e. The van der Waals surface area contributed by atoms with Crippen molar-refractivity contribution in [2.75, 3.05) is 0 Å². The lowest BCUT2D eigenvalue weighted by Gasteiger charge is -2.40. The average molecular weight is 1520 g/mol. The molecule has 0 N–H and O–H groups in total. The second-order valence-corrected chi connectivity index (χ2v) is 31.4. The molecule has 0 radical (unpaired) electrons. The molecule has 2 aromatic heterocycles. The first-order valence-electron chi connectivity index (χ1n) is 40.6. The minimum absolute atomic E-state index is 0.547. The summed E-state index contributed by atoms with van der Waals surface area (Å²) in [5.74, 6) is 6.78. The number of rotatable bonds is 11. The van der Waals surface area contributed by atoms with E-state index in [4.69, 9.17) is 39.4 Å². The van der Waals surface area contributed by atoms with Crippen molar-refractivity contribution in [3.8, 4) is 169 Å². The van der Waals surface area contributed by atoms with Gasteiger partial charge >= 0.3 is 0 Å². The van der Waals surface area contributed by atoms with Crippen molar-refractivity contribution < 1.29 is 9.47 Å². The molecule has 17 aromatic carbocycles. The molecular formula is C111H68N6O2. The van der Waals surface area contributed by atoms with Crippen LogP contribution in [0.5, 0.6) is 23.0 Å². The summed E-state index contributed by atoms with van der Waals surface area (Å²) in [6.45, 7) is 0. The van der Waals surface area contributed by atoms with Gasteiger partial charge < -0.3 is 9.47 Å². The monoisotopic (exact) mass is 1520 g/mol. The van der Waals surface area contributed by atoms with Crippen molar-refractivity contribution in [3.63, 3.8) is 0 Å². The zero-order valence-electron chi connectivity index (χ0n) is 64.3. The van der Waals surface area contributed by atoms with Crippen molar-refractivity contribution in [2.24, 2.45) is 0 Å². The molecule has 19 aromatic rings. The molecule has 119 heavy (non-hydrogen) atoms. The van der Waals surface area contributed by atoms with Crippen LogP contribution in [0.3, 0.4) is 0 Å². The van der Waals surface area contributed by atoms with Crippen molar-refractivity contribution in [2.45, 2.75) is 17.3 Å². The molecule has 0 fully saturated rings. The fraction of sp³-hybridized carbons (Fsp3) is 0.0270. The molecule has 8 heteroatoms. The predicted octanol–water partition coefficient (Wildman–Crippen LogP) is 27.1. The van der Waals surface area contributed by atoms with Crippen LogP contribution < -0.4 is 9.47 Å². The van der Waals surface area contributed by atoms with Gasteiger partial charge in [0.25, 0.3) is 0 Å². The van der Waals surface area contributed by atoms with E-state index in [1.165, 1.54) is 55.3 Å². The first-order chi connectivity index (χ1) is 58.9. The van der Waals surface area contributed by atoms with Crippen LogP contribution in [0.1, 0.15) is 55.6 Å². The third kappa shape index (κ3) is 10.7. The molecule has 554 valence electrons. The Bertz CT molecular complexity index is 7400. The number of fused-ring (bicyclic) bond motifs is 18. The molecule has 2 spiro atoms. The Morgan fingerprint density at radius 3 is 1.10 bits per heavy atom. The first-order valence-corrected chi connectivity index (χ1v) is 40.6. The number of hydrogen-bond donors (Lipinski definition) is 0. The predicted molar refractivity (Wildman–Crippen MR) is 478 cm³/mol. The van der Waals surface area contributed by atoms with E-state index in [0.29, 0.717) is 34.9 Å². The van der Waals surface area contributed by atoms with Crippen LogP contribution in [0.4, 0.5) is 0 Å². The van der Waals surface area contributed by atoms with E-state index in [1.807, 2.05) is 24.3 Å². The largest absolute Gasteiger partial charge is 0.456 e. The maximum absolute atomic E-state index is 7.31. The van der Waals surface area contributed by atoms with Gasteiger partial charge in [0, 0.05) is 66.8 Å². The van der Waals surface area contributed by atoms with Gasteiger partial charge in [-0.15, -0.1) is 0 Å². The summed E-state index contributed by atoms with van der Waals surface area (Å²) in [6, 6.07) is 139. The van der Waals surface area contributed by atoms with E-state index in [1.54, 1.807) is 0 Å². The lowest BCUT2D eigenvalue weighted by Crippen LogP contribution is -2.32. The number of para-hydroxylation sites is 4. The Kier molecular flexibility index (Phi) is 15.4. The van der Waals surface area contributed by atoms with Crippen LogP contribution >= 0.6 is 0 Å². The van der Waals surface area contributed by atoms with Gasteiger partial charge in [-0.3, -0.25) is 0 Å². The van der Waals surface area contributed by atoms with Gasteiger partial charge in [0.05, 0.1) is 10.8 Å². The van der Waals surface area contributed by atoms with Crippen LogP contribution in [0.25, 0.3) is 163 Å². The van der Waals surface area contributed by atoms with Crippen LogP contribution in [0.2, 0.25) is 0 Å².